The Labute approximate surface area is 259 Å². The Kier molecular flexibility index (Phi) is 10.4. The molecule has 0 aliphatic carbocycles. The zero-order chi connectivity index (χ0) is 31.1. The number of likely N-dealkylation sites (N-methyl/N-ethyl adjacent to an activating group) is 1. The van der Waals surface area contributed by atoms with E-state index in [1.165, 1.54) is 26.6 Å². The molecule has 43 heavy (non-hydrogen) atoms. The summed E-state index contributed by atoms with van der Waals surface area (Å²) < 4.78 is 16.7. The van der Waals surface area contributed by atoms with Crippen LogP contribution in [-0.4, -0.2) is 65.7 Å². The molecule has 4 aromatic rings. The fraction of sp³-hybridized carbons (Fsp3) is 0.276. The maximum Gasteiger partial charge on any atom is 0.296 e. The third-order valence-corrected chi connectivity index (χ3v) is 7.07. The average Bonchev–Trinajstić information content (AvgIpc) is 2.99. The number of methoxy groups -OCH3 is 2. The second-order valence-electron chi connectivity index (χ2n) is 9.57. The van der Waals surface area contributed by atoms with Crippen LogP contribution in [0.15, 0.2) is 55.0 Å². The van der Waals surface area contributed by atoms with Crippen LogP contribution in [0.4, 0.5) is 28.7 Å². The Balaban J connectivity index is 1.64. The standard InChI is InChI=1S/C29H31Cl2N7O5/c1-6-17(15-37(2)3)43-18-9-10-20(22(12-18)38(39)40)35-25-13-21(33-16-34-25)19-8-7-11-32-29(19)36-28-26(30)23(41-4)14-24(42-5)27(28)31/h7-14,16-17H,6,15H2,1-5H3,(H,32,36)(H,33,34,35). The number of halogens is 2. The van der Waals surface area contributed by atoms with E-state index in [0.717, 1.165) is 6.42 Å². The van der Waals surface area contributed by atoms with E-state index in [1.807, 2.05) is 25.9 Å². The maximum absolute atomic E-state index is 12.0. The number of nitrogens with zero attached hydrogens (tertiary/aromatic N) is 5. The second-order valence-corrected chi connectivity index (χ2v) is 10.3. The van der Waals surface area contributed by atoms with Gasteiger partial charge in [-0.25, -0.2) is 15.0 Å². The number of rotatable bonds is 13. The lowest BCUT2D eigenvalue weighted by molar-refractivity contribution is -0.384. The van der Waals surface area contributed by atoms with Crippen LogP contribution in [0.1, 0.15) is 13.3 Å². The molecule has 12 nitrogen and oxygen atoms in total. The predicted molar refractivity (Wildman–Crippen MR) is 168 cm³/mol. The summed E-state index contributed by atoms with van der Waals surface area (Å²) in [6.07, 6.45) is 3.59. The lowest BCUT2D eigenvalue weighted by atomic mass is 10.1. The number of ether oxygens (including phenoxy) is 3. The number of nitro groups is 1. The van der Waals surface area contributed by atoms with Crippen molar-refractivity contribution < 1.29 is 19.1 Å². The lowest BCUT2D eigenvalue weighted by Gasteiger charge is -2.21. The highest BCUT2D eigenvalue weighted by Crippen LogP contribution is 2.46. The van der Waals surface area contributed by atoms with Gasteiger partial charge in [0.2, 0.25) is 0 Å². The van der Waals surface area contributed by atoms with Gasteiger partial charge in [-0.1, -0.05) is 30.1 Å². The molecule has 14 heteroatoms. The van der Waals surface area contributed by atoms with Crippen LogP contribution in [0.2, 0.25) is 10.0 Å². The van der Waals surface area contributed by atoms with E-state index in [1.54, 1.807) is 42.6 Å². The van der Waals surface area contributed by atoms with Crippen LogP contribution in [-0.2, 0) is 0 Å². The molecular weight excluding hydrogens is 597 g/mol. The molecule has 2 aromatic heterocycles. The largest absolute Gasteiger partial charge is 0.495 e. The molecule has 0 fully saturated rings. The van der Waals surface area contributed by atoms with Crippen molar-refractivity contribution >= 4 is 51.9 Å². The van der Waals surface area contributed by atoms with E-state index in [2.05, 4.69) is 25.6 Å². The van der Waals surface area contributed by atoms with Crippen LogP contribution < -0.4 is 24.8 Å². The van der Waals surface area contributed by atoms with Crippen molar-refractivity contribution in [3.05, 3.63) is 75.1 Å². The zero-order valence-corrected chi connectivity index (χ0v) is 25.7. The smallest absolute Gasteiger partial charge is 0.296 e. The van der Waals surface area contributed by atoms with Crippen molar-refractivity contribution in [1.29, 1.82) is 0 Å². The van der Waals surface area contributed by atoms with E-state index in [4.69, 9.17) is 37.4 Å². The first-order chi connectivity index (χ1) is 20.6. The number of hydrogen-bond acceptors (Lipinski definition) is 11. The highest BCUT2D eigenvalue weighted by Gasteiger charge is 2.21. The van der Waals surface area contributed by atoms with Gasteiger partial charge < -0.3 is 29.7 Å². The lowest BCUT2D eigenvalue weighted by Crippen LogP contribution is -2.30. The average molecular weight is 629 g/mol. The second kappa shape index (κ2) is 14.2. The van der Waals surface area contributed by atoms with Crippen LogP contribution in [0, 0.1) is 10.1 Å². The van der Waals surface area contributed by atoms with Gasteiger partial charge in [0, 0.05) is 30.4 Å². The van der Waals surface area contributed by atoms with E-state index >= 15 is 0 Å². The summed E-state index contributed by atoms with van der Waals surface area (Å²) in [6, 6.07) is 11.5. The number of pyridine rings is 1. The van der Waals surface area contributed by atoms with Crippen molar-refractivity contribution in [1.82, 2.24) is 19.9 Å². The van der Waals surface area contributed by atoms with Gasteiger partial charge in [-0.3, -0.25) is 10.1 Å². The first-order valence-corrected chi connectivity index (χ1v) is 13.9. The molecule has 0 radical (unpaired) electrons. The molecule has 0 aliphatic rings. The number of aromatic nitrogens is 3. The van der Waals surface area contributed by atoms with Crippen molar-refractivity contribution in [2.75, 3.05) is 45.5 Å². The minimum absolute atomic E-state index is 0.108. The highest BCUT2D eigenvalue weighted by molar-refractivity contribution is 6.41. The molecule has 4 rings (SSSR count). The van der Waals surface area contributed by atoms with Gasteiger partial charge in [0.05, 0.1) is 36.6 Å². The summed E-state index contributed by atoms with van der Waals surface area (Å²) in [4.78, 5) is 26.6. The van der Waals surface area contributed by atoms with Gasteiger partial charge in [-0.05, 0) is 44.8 Å². The number of nitro benzene ring substituents is 1. The van der Waals surface area contributed by atoms with Crippen LogP contribution in [0.25, 0.3) is 11.3 Å². The minimum atomic E-state index is -0.469. The molecule has 0 saturated heterocycles. The van der Waals surface area contributed by atoms with E-state index in [9.17, 15) is 10.1 Å². The third kappa shape index (κ3) is 7.53. The van der Waals surface area contributed by atoms with Gasteiger partial charge >= 0.3 is 0 Å². The Morgan fingerprint density at radius 1 is 1.00 bits per heavy atom. The normalized spacial score (nSPS) is 11.6. The van der Waals surface area contributed by atoms with Gasteiger partial charge in [0.25, 0.3) is 5.69 Å². The Hall–Kier alpha value is -4.39. The Morgan fingerprint density at radius 3 is 2.35 bits per heavy atom. The van der Waals surface area contributed by atoms with Crippen LogP contribution in [0.3, 0.4) is 0 Å². The molecule has 2 aromatic carbocycles. The molecule has 1 atom stereocenters. The topological polar surface area (TPSA) is 137 Å². The third-order valence-electron chi connectivity index (χ3n) is 6.32. The predicted octanol–water partition coefficient (Wildman–Crippen LogP) is 6.98. The summed E-state index contributed by atoms with van der Waals surface area (Å²) in [5.74, 6) is 1.85. The molecule has 2 N–H and O–H groups in total. The highest BCUT2D eigenvalue weighted by atomic mass is 35.5. The van der Waals surface area contributed by atoms with Crippen molar-refractivity contribution in [3.8, 4) is 28.5 Å². The molecule has 0 spiro atoms. The molecule has 0 amide bonds. The molecule has 1 unspecified atom stereocenters. The zero-order valence-electron chi connectivity index (χ0n) is 24.2. The minimum Gasteiger partial charge on any atom is -0.495 e. The van der Waals surface area contributed by atoms with Gasteiger partial charge in [0.15, 0.2) is 0 Å². The maximum atomic E-state index is 12.0. The number of nitrogens with one attached hydrogen (secondary N) is 2. The number of benzene rings is 2. The summed E-state index contributed by atoms with van der Waals surface area (Å²) in [7, 11) is 6.86. The van der Waals surface area contributed by atoms with Crippen LogP contribution in [0.5, 0.6) is 17.2 Å². The van der Waals surface area contributed by atoms with Crippen molar-refractivity contribution in [2.24, 2.45) is 0 Å². The number of hydrogen-bond donors (Lipinski definition) is 2. The molecule has 0 saturated carbocycles. The Bertz CT molecular complexity index is 1580. The van der Waals surface area contributed by atoms with Gasteiger partial charge in [-0.2, -0.15) is 0 Å². The molecular formula is C29H31Cl2N7O5. The van der Waals surface area contributed by atoms with Crippen LogP contribution >= 0.6 is 23.2 Å². The number of anilines is 4. The first-order valence-electron chi connectivity index (χ1n) is 13.2. The van der Waals surface area contributed by atoms with E-state index in [0.29, 0.717) is 52.4 Å². The first kappa shape index (κ1) is 31.5. The molecule has 226 valence electrons. The molecule has 0 bridgehead atoms. The van der Waals surface area contributed by atoms with E-state index < -0.39 is 4.92 Å². The van der Waals surface area contributed by atoms with E-state index in [-0.39, 0.29) is 27.5 Å². The van der Waals surface area contributed by atoms with Crippen molar-refractivity contribution in [3.63, 3.8) is 0 Å². The molecule has 2 heterocycles. The van der Waals surface area contributed by atoms with Gasteiger partial charge in [-0.15, -0.1) is 0 Å². The monoisotopic (exact) mass is 627 g/mol. The quantitative estimate of drug-likeness (QED) is 0.117. The SMILES string of the molecule is CCC(CN(C)C)Oc1ccc(Nc2cc(-c3cccnc3Nc3c(Cl)c(OC)cc(OC)c3Cl)ncn2)c([N+](=O)[O-])c1. The Morgan fingerprint density at radius 2 is 1.72 bits per heavy atom. The summed E-state index contributed by atoms with van der Waals surface area (Å²) in [6.45, 7) is 2.69. The van der Waals surface area contributed by atoms with Gasteiger partial charge in [0.1, 0.15) is 57.0 Å². The summed E-state index contributed by atoms with van der Waals surface area (Å²) in [5, 5.41) is 18.6. The molecule has 0 aliphatic heterocycles. The summed E-state index contributed by atoms with van der Waals surface area (Å²) in [5.41, 5.74) is 1.49. The summed E-state index contributed by atoms with van der Waals surface area (Å²) >= 11 is 13.1. The van der Waals surface area contributed by atoms with Crippen molar-refractivity contribution in [2.45, 2.75) is 19.4 Å². The fourth-order valence-electron chi connectivity index (χ4n) is 4.23. The fourth-order valence-corrected chi connectivity index (χ4v) is 4.82.